The van der Waals surface area contributed by atoms with Crippen LogP contribution in [0.1, 0.15) is 36.8 Å². The highest BCUT2D eigenvalue weighted by atomic mass is 19.1. The van der Waals surface area contributed by atoms with Crippen molar-refractivity contribution in [3.63, 3.8) is 0 Å². The zero-order chi connectivity index (χ0) is 13.8. The van der Waals surface area contributed by atoms with Crippen LogP contribution in [-0.4, -0.2) is 16.7 Å². The average molecular weight is 264 g/mol. The fourth-order valence-corrected chi connectivity index (χ4v) is 2.15. The van der Waals surface area contributed by atoms with Crippen LogP contribution in [0.5, 0.6) is 0 Å². The Bertz CT molecular complexity index is 484. The van der Waals surface area contributed by atoms with Gasteiger partial charge in [-0.05, 0) is 24.5 Å². The van der Waals surface area contributed by atoms with E-state index in [9.17, 15) is 14.0 Å². The van der Waals surface area contributed by atoms with Gasteiger partial charge in [-0.25, -0.2) is 4.39 Å². The number of hydrogen-bond acceptors (Lipinski definition) is 3. The van der Waals surface area contributed by atoms with Gasteiger partial charge in [0.2, 0.25) is 11.8 Å². The van der Waals surface area contributed by atoms with E-state index in [2.05, 4.69) is 0 Å². The van der Waals surface area contributed by atoms with E-state index in [1.807, 2.05) is 0 Å². The number of likely N-dealkylation sites (tertiary alicyclic amines) is 1. The maximum absolute atomic E-state index is 13.8. The molecule has 5 heteroatoms. The highest BCUT2D eigenvalue weighted by Crippen LogP contribution is 2.18. The smallest absolute Gasteiger partial charge is 0.229 e. The molecule has 0 bridgehead atoms. The van der Waals surface area contributed by atoms with E-state index in [-0.39, 0.29) is 24.9 Å². The molecule has 1 aliphatic rings. The van der Waals surface area contributed by atoms with Gasteiger partial charge in [-0.1, -0.05) is 12.1 Å². The molecule has 1 aromatic carbocycles. The number of imide groups is 1. The predicted molar refractivity (Wildman–Crippen MR) is 68.3 cm³/mol. The first-order valence-corrected chi connectivity index (χ1v) is 6.42. The molecule has 1 saturated heterocycles. The molecule has 1 aliphatic heterocycles. The summed E-state index contributed by atoms with van der Waals surface area (Å²) in [6, 6.07) is 4.65. The molecule has 2 amide bonds. The number of halogens is 1. The fourth-order valence-electron chi connectivity index (χ4n) is 2.15. The Morgan fingerprint density at radius 1 is 1.16 bits per heavy atom. The first-order valence-electron chi connectivity index (χ1n) is 6.42. The van der Waals surface area contributed by atoms with Crippen LogP contribution >= 0.6 is 0 Å². The van der Waals surface area contributed by atoms with Crippen LogP contribution in [0.4, 0.5) is 4.39 Å². The van der Waals surface area contributed by atoms with Crippen LogP contribution in [0.25, 0.3) is 0 Å². The molecule has 2 rings (SSSR count). The molecule has 0 spiro atoms. The zero-order valence-corrected chi connectivity index (χ0v) is 10.7. The Labute approximate surface area is 111 Å². The monoisotopic (exact) mass is 264 g/mol. The Hall–Kier alpha value is -1.75. The minimum atomic E-state index is -0.423. The number of nitrogens with zero attached hydrogens (tertiary/aromatic N) is 1. The van der Waals surface area contributed by atoms with Gasteiger partial charge in [-0.3, -0.25) is 14.5 Å². The van der Waals surface area contributed by atoms with Gasteiger partial charge in [-0.2, -0.15) is 0 Å². The number of hydrogen-bond donors (Lipinski definition) is 1. The fraction of sp³-hybridized carbons (Fsp3) is 0.429. The van der Waals surface area contributed by atoms with Crippen LogP contribution in [0.2, 0.25) is 0 Å². The number of rotatable bonds is 3. The molecule has 0 aliphatic carbocycles. The number of benzene rings is 1. The molecule has 19 heavy (non-hydrogen) atoms. The minimum absolute atomic E-state index is 0.00829. The highest BCUT2D eigenvalue weighted by Gasteiger charge is 2.24. The molecule has 102 valence electrons. The number of amides is 2. The van der Waals surface area contributed by atoms with E-state index in [4.69, 9.17) is 5.73 Å². The van der Waals surface area contributed by atoms with Crippen molar-refractivity contribution < 1.29 is 14.0 Å². The van der Waals surface area contributed by atoms with Gasteiger partial charge < -0.3 is 5.73 Å². The summed E-state index contributed by atoms with van der Waals surface area (Å²) in [6.07, 6.45) is 2.15. The third-order valence-electron chi connectivity index (χ3n) is 3.32. The maximum atomic E-state index is 13.8. The van der Waals surface area contributed by atoms with Crippen LogP contribution in [0.15, 0.2) is 18.2 Å². The number of carbonyl (C=O) groups excluding carboxylic acids is 2. The van der Waals surface area contributed by atoms with Crippen molar-refractivity contribution in [1.29, 1.82) is 0 Å². The van der Waals surface area contributed by atoms with E-state index in [0.717, 1.165) is 17.7 Å². The molecule has 0 unspecified atom stereocenters. The summed E-state index contributed by atoms with van der Waals surface area (Å²) in [5.41, 5.74) is 6.47. The lowest BCUT2D eigenvalue weighted by atomic mass is 10.1. The third kappa shape index (κ3) is 3.17. The van der Waals surface area contributed by atoms with Crippen LogP contribution < -0.4 is 5.73 Å². The summed E-state index contributed by atoms with van der Waals surface area (Å²) < 4.78 is 13.8. The van der Waals surface area contributed by atoms with Crippen LogP contribution in [0.3, 0.4) is 0 Å². The van der Waals surface area contributed by atoms with Gasteiger partial charge in [0.25, 0.3) is 0 Å². The Kier molecular flexibility index (Phi) is 4.27. The molecule has 4 nitrogen and oxygen atoms in total. The first kappa shape index (κ1) is 13.7. The quantitative estimate of drug-likeness (QED) is 0.845. The van der Waals surface area contributed by atoms with Gasteiger partial charge in [0, 0.05) is 24.9 Å². The van der Waals surface area contributed by atoms with E-state index in [1.54, 1.807) is 12.1 Å². The van der Waals surface area contributed by atoms with Crippen molar-refractivity contribution in [3.05, 3.63) is 35.1 Å². The molecule has 2 N–H and O–H groups in total. The zero-order valence-electron chi connectivity index (χ0n) is 10.7. The summed E-state index contributed by atoms with van der Waals surface area (Å²) >= 11 is 0. The van der Waals surface area contributed by atoms with Crippen molar-refractivity contribution in [2.45, 2.75) is 38.8 Å². The van der Waals surface area contributed by atoms with Gasteiger partial charge in [0.05, 0.1) is 6.54 Å². The summed E-state index contributed by atoms with van der Waals surface area (Å²) in [6.45, 7) is 0.271. The van der Waals surface area contributed by atoms with Crippen LogP contribution in [0, 0.1) is 5.82 Å². The summed E-state index contributed by atoms with van der Waals surface area (Å²) in [5.74, 6) is -0.859. The van der Waals surface area contributed by atoms with E-state index in [1.165, 1.54) is 6.07 Å². The van der Waals surface area contributed by atoms with Gasteiger partial charge in [-0.15, -0.1) is 0 Å². The second-order valence-electron chi connectivity index (χ2n) is 4.71. The van der Waals surface area contributed by atoms with E-state index in [0.29, 0.717) is 24.0 Å². The van der Waals surface area contributed by atoms with Crippen molar-refractivity contribution >= 4 is 11.8 Å². The van der Waals surface area contributed by atoms with E-state index < -0.39 is 5.82 Å². The molecule has 0 aromatic heterocycles. The SMILES string of the molecule is NCc1ccc(CN2C(=O)CCCCC2=O)c(F)c1. The topological polar surface area (TPSA) is 63.4 Å². The van der Waals surface area contributed by atoms with Crippen molar-refractivity contribution in [1.82, 2.24) is 4.90 Å². The van der Waals surface area contributed by atoms with Crippen molar-refractivity contribution in [2.24, 2.45) is 5.73 Å². The molecular formula is C14H17FN2O2. The summed E-state index contributed by atoms with van der Waals surface area (Å²) in [4.78, 5) is 24.8. The molecule has 1 heterocycles. The molecule has 1 fully saturated rings. The second kappa shape index (κ2) is 5.93. The first-order chi connectivity index (χ1) is 9.11. The maximum Gasteiger partial charge on any atom is 0.229 e. The summed E-state index contributed by atoms with van der Waals surface area (Å²) in [7, 11) is 0. The predicted octanol–water partition coefficient (Wildman–Crippen LogP) is 1.71. The third-order valence-corrected chi connectivity index (χ3v) is 3.32. The average Bonchev–Trinajstić information content (AvgIpc) is 2.55. The molecule has 1 aromatic rings. The standard InChI is InChI=1S/C14H17FN2O2/c15-12-7-10(8-16)5-6-11(12)9-17-13(18)3-1-2-4-14(17)19/h5-7H,1-4,8-9,16H2. The normalized spacial score (nSPS) is 16.6. The summed E-state index contributed by atoms with van der Waals surface area (Å²) in [5, 5.41) is 0. The Balaban J connectivity index is 2.19. The largest absolute Gasteiger partial charge is 0.326 e. The number of carbonyl (C=O) groups is 2. The Morgan fingerprint density at radius 2 is 1.79 bits per heavy atom. The van der Waals surface area contributed by atoms with Crippen LogP contribution in [-0.2, 0) is 22.7 Å². The lowest BCUT2D eigenvalue weighted by Crippen LogP contribution is -2.34. The second-order valence-corrected chi connectivity index (χ2v) is 4.71. The number of nitrogens with two attached hydrogens (primary N) is 1. The molecule has 0 atom stereocenters. The van der Waals surface area contributed by atoms with Gasteiger partial charge >= 0.3 is 0 Å². The van der Waals surface area contributed by atoms with Gasteiger partial charge in [0.1, 0.15) is 5.82 Å². The van der Waals surface area contributed by atoms with E-state index >= 15 is 0 Å². The Morgan fingerprint density at radius 3 is 2.32 bits per heavy atom. The molecule has 0 radical (unpaired) electrons. The lowest BCUT2D eigenvalue weighted by Gasteiger charge is -2.19. The molecule has 0 saturated carbocycles. The molecular weight excluding hydrogens is 247 g/mol. The lowest BCUT2D eigenvalue weighted by molar-refractivity contribution is -0.144. The van der Waals surface area contributed by atoms with Crippen molar-refractivity contribution in [2.75, 3.05) is 0 Å². The minimum Gasteiger partial charge on any atom is -0.326 e. The van der Waals surface area contributed by atoms with Crippen molar-refractivity contribution in [3.8, 4) is 0 Å². The highest BCUT2D eigenvalue weighted by molar-refractivity contribution is 5.95. The van der Waals surface area contributed by atoms with Gasteiger partial charge in [0.15, 0.2) is 0 Å².